The summed E-state index contributed by atoms with van der Waals surface area (Å²) in [6.45, 7) is 4.56. The molecule has 0 aliphatic heterocycles. The quantitative estimate of drug-likeness (QED) is 0.332. The van der Waals surface area contributed by atoms with Crippen LogP contribution in [0.1, 0.15) is 12.5 Å². The van der Waals surface area contributed by atoms with E-state index in [9.17, 15) is 4.39 Å². The molecule has 0 heterocycles. The second kappa shape index (κ2) is 11.8. The SMILES string of the molecule is CN=C(NCc1ccc(NCCOC)cc1)NCC(C)Oc1cccc(F)c1. The zero-order valence-electron chi connectivity index (χ0n) is 16.7. The van der Waals surface area contributed by atoms with E-state index in [1.807, 2.05) is 19.1 Å². The number of nitrogens with zero attached hydrogens (tertiary/aromatic N) is 1. The first kappa shape index (κ1) is 21.5. The topological polar surface area (TPSA) is 66.9 Å². The lowest BCUT2D eigenvalue weighted by atomic mass is 10.2. The highest BCUT2D eigenvalue weighted by atomic mass is 19.1. The van der Waals surface area contributed by atoms with E-state index < -0.39 is 0 Å². The molecule has 0 spiro atoms. The first-order valence-electron chi connectivity index (χ1n) is 9.29. The largest absolute Gasteiger partial charge is 0.489 e. The molecule has 1 atom stereocenters. The number of rotatable bonds is 10. The number of hydrogen-bond acceptors (Lipinski definition) is 4. The summed E-state index contributed by atoms with van der Waals surface area (Å²) >= 11 is 0. The third kappa shape index (κ3) is 7.84. The summed E-state index contributed by atoms with van der Waals surface area (Å²) in [4.78, 5) is 4.22. The van der Waals surface area contributed by atoms with Gasteiger partial charge in [-0.05, 0) is 36.8 Å². The van der Waals surface area contributed by atoms with E-state index in [0.717, 1.165) is 17.8 Å². The first-order chi connectivity index (χ1) is 13.6. The highest BCUT2D eigenvalue weighted by Gasteiger charge is 2.06. The van der Waals surface area contributed by atoms with Crippen LogP contribution in [0.4, 0.5) is 10.1 Å². The van der Waals surface area contributed by atoms with Crippen LogP contribution in [0.3, 0.4) is 0 Å². The Kier molecular flexibility index (Phi) is 9.07. The van der Waals surface area contributed by atoms with Crippen LogP contribution >= 0.6 is 0 Å². The van der Waals surface area contributed by atoms with E-state index in [0.29, 0.717) is 31.4 Å². The molecule has 0 fully saturated rings. The molecule has 2 aromatic rings. The van der Waals surface area contributed by atoms with Crippen molar-refractivity contribution in [2.75, 3.05) is 39.2 Å². The van der Waals surface area contributed by atoms with Gasteiger partial charge in [-0.1, -0.05) is 18.2 Å². The molecular weight excluding hydrogens is 359 g/mol. The molecule has 0 amide bonds. The molecule has 1 unspecified atom stereocenters. The van der Waals surface area contributed by atoms with E-state index in [1.54, 1.807) is 26.3 Å². The average Bonchev–Trinajstić information content (AvgIpc) is 2.69. The zero-order valence-corrected chi connectivity index (χ0v) is 16.7. The fourth-order valence-electron chi connectivity index (χ4n) is 2.50. The van der Waals surface area contributed by atoms with E-state index >= 15 is 0 Å². The summed E-state index contributed by atoms with van der Waals surface area (Å²) in [7, 11) is 3.40. The van der Waals surface area contributed by atoms with Crippen LogP contribution in [0.25, 0.3) is 0 Å². The maximum Gasteiger partial charge on any atom is 0.191 e. The van der Waals surface area contributed by atoms with Crippen molar-refractivity contribution in [2.24, 2.45) is 4.99 Å². The second-order valence-electron chi connectivity index (χ2n) is 6.31. The van der Waals surface area contributed by atoms with Gasteiger partial charge >= 0.3 is 0 Å². The molecular formula is C21H29FN4O2. The summed E-state index contributed by atoms with van der Waals surface area (Å²) < 4.78 is 23.9. The third-order valence-corrected chi connectivity index (χ3v) is 3.96. The van der Waals surface area contributed by atoms with Crippen LogP contribution < -0.4 is 20.7 Å². The molecule has 2 aromatic carbocycles. The molecule has 28 heavy (non-hydrogen) atoms. The van der Waals surface area contributed by atoms with Crippen LogP contribution in [0.15, 0.2) is 53.5 Å². The fourth-order valence-corrected chi connectivity index (χ4v) is 2.50. The van der Waals surface area contributed by atoms with Gasteiger partial charge in [0.05, 0.1) is 13.2 Å². The number of anilines is 1. The zero-order chi connectivity index (χ0) is 20.2. The van der Waals surface area contributed by atoms with Gasteiger partial charge in [-0.15, -0.1) is 0 Å². The Morgan fingerprint density at radius 2 is 1.93 bits per heavy atom. The van der Waals surface area contributed by atoms with Crippen LogP contribution in [-0.2, 0) is 11.3 Å². The van der Waals surface area contributed by atoms with E-state index in [2.05, 4.69) is 33.1 Å². The van der Waals surface area contributed by atoms with Gasteiger partial charge in [-0.25, -0.2) is 4.39 Å². The van der Waals surface area contributed by atoms with Crippen molar-refractivity contribution in [3.8, 4) is 5.75 Å². The molecule has 0 saturated heterocycles. The number of guanidine groups is 1. The molecule has 0 aliphatic carbocycles. The van der Waals surface area contributed by atoms with Gasteiger partial charge in [0.15, 0.2) is 5.96 Å². The lowest BCUT2D eigenvalue weighted by Crippen LogP contribution is -2.41. The normalized spacial score (nSPS) is 12.4. The van der Waals surface area contributed by atoms with E-state index in [-0.39, 0.29) is 11.9 Å². The Morgan fingerprint density at radius 1 is 1.14 bits per heavy atom. The van der Waals surface area contributed by atoms with Crippen molar-refractivity contribution in [3.05, 3.63) is 59.9 Å². The van der Waals surface area contributed by atoms with E-state index in [1.165, 1.54) is 12.1 Å². The van der Waals surface area contributed by atoms with Crippen molar-refractivity contribution in [1.29, 1.82) is 0 Å². The first-order valence-corrected chi connectivity index (χ1v) is 9.29. The number of methoxy groups -OCH3 is 1. The molecule has 3 N–H and O–H groups in total. The Hall–Kier alpha value is -2.80. The summed E-state index contributed by atoms with van der Waals surface area (Å²) in [5, 5.41) is 9.77. The Morgan fingerprint density at radius 3 is 2.61 bits per heavy atom. The fraction of sp³-hybridized carbons (Fsp3) is 0.381. The molecule has 0 aromatic heterocycles. The highest BCUT2D eigenvalue weighted by Crippen LogP contribution is 2.13. The molecule has 0 radical (unpaired) electrons. The molecule has 2 rings (SSSR count). The van der Waals surface area contributed by atoms with Gasteiger partial charge < -0.3 is 25.4 Å². The Balaban J connectivity index is 1.73. The molecule has 0 aliphatic rings. The summed E-state index contributed by atoms with van der Waals surface area (Å²) in [5.41, 5.74) is 2.20. The number of benzene rings is 2. The molecule has 152 valence electrons. The predicted molar refractivity (Wildman–Crippen MR) is 111 cm³/mol. The number of hydrogen-bond donors (Lipinski definition) is 3. The summed E-state index contributed by atoms with van der Waals surface area (Å²) in [5.74, 6) is 0.878. The lowest BCUT2D eigenvalue weighted by molar-refractivity contribution is 0.211. The van der Waals surface area contributed by atoms with Gasteiger partial charge in [0.25, 0.3) is 0 Å². The van der Waals surface area contributed by atoms with Crippen molar-refractivity contribution in [3.63, 3.8) is 0 Å². The smallest absolute Gasteiger partial charge is 0.191 e. The molecule has 0 bridgehead atoms. The van der Waals surface area contributed by atoms with Crippen molar-refractivity contribution >= 4 is 11.6 Å². The predicted octanol–water partition coefficient (Wildman–Crippen LogP) is 3.02. The maximum atomic E-state index is 13.2. The molecule has 7 heteroatoms. The Bertz CT molecular complexity index is 737. The monoisotopic (exact) mass is 388 g/mol. The minimum Gasteiger partial charge on any atom is -0.489 e. The second-order valence-corrected chi connectivity index (χ2v) is 6.31. The average molecular weight is 388 g/mol. The Labute approximate surface area is 166 Å². The van der Waals surface area contributed by atoms with Crippen LogP contribution in [-0.4, -0.2) is 45.9 Å². The third-order valence-electron chi connectivity index (χ3n) is 3.96. The molecule has 0 saturated carbocycles. The van der Waals surface area contributed by atoms with Gasteiger partial charge in [-0.3, -0.25) is 4.99 Å². The van der Waals surface area contributed by atoms with Gasteiger partial charge in [0, 0.05) is 39.0 Å². The molecule has 6 nitrogen and oxygen atoms in total. The number of aliphatic imine (C=N–C) groups is 1. The van der Waals surface area contributed by atoms with Gasteiger partial charge in [0.2, 0.25) is 0 Å². The van der Waals surface area contributed by atoms with Crippen LogP contribution in [0, 0.1) is 5.82 Å². The van der Waals surface area contributed by atoms with Gasteiger partial charge in [-0.2, -0.15) is 0 Å². The van der Waals surface area contributed by atoms with Crippen LogP contribution in [0.2, 0.25) is 0 Å². The number of halogens is 1. The lowest BCUT2D eigenvalue weighted by Gasteiger charge is -2.18. The standard InChI is InChI=1S/C21H29FN4O2/c1-16(28-20-6-4-5-18(22)13-20)14-25-21(23-2)26-15-17-7-9-19(10-8-17)24-11-12-27-3/h4-10,13,16,24H,11-12,14-15H2,1-3H3,(H2,23,25,26). The van der Waals surface area contributed by atoms with Crippen molar-refractivity contribution < 1.29 is 13.9 Å². The number of nitrogens with one attached hydrogen (secondary N) is 3. The minimum absolute atomic E-state index is 0.141. The van der Waals surface area contributed by atoms with Crippen molar-refractivity contribution in [2.45, 2.75) is 19.6 Å². The summed E-state index contributed by atoms with van der Waals surface area (Å²) in [6, 6.07) is 14.3. The van der Waals surface area contributed by atoms with Crippen molar-refractivity contribution in [1.82, 2.24) is 10.6 Å². The van der Waals surface area contributed by atoms with Gasteiger partial charge in [0.1, 0.15) is 17.7 Å². The maximum absolute atomic E-state index is 13.2. The van der Waals surface area contributed by atoms with E-state index in [4.69, 9.17) is 9.47 Å². The minimum atomic E-state index is -0.310. The summed E-state index contributed by atoms with van der Waals surface area (Å²) in [6.07, 6.45) is -0.141. The van der Waals surface area contributed by atoms with Crippen LogP contribution in [0.5, 0.6) is 5.75 Å². The number of ether oxygens (including phenoxy) is 2. The highest BCUT2D eigenvalue weighted by molar-refractivity contribution is 5.79.